The first-order chi connectivity index (χ1) is 15.5. The molecule has 0 aromatic heterocycles. The third kappa shape index (κ3) is 6.95. The molecule has 2 amide bonds. The van der Waals surface area contributed by atoms with Crippen LogP contribution in [0.5, 0.6) is 23.0 Å². The number of hydrogen-bond acceptors (Lipinski definition) is 7. The number of hydrogen-bond donors (Lipinski definition) is 2. The van der Waals surface area contributed by atoms with Gasteiger partial charge in [-0.15, -0.1) is 6.42 Å². The molecule has 0 fully saturated rings. The molecule has 2 aromatic rings. The van der Waals surface area contributed by atoms with E-state index in [2.05, 4.69) is 21.8 Å². The van der Waals surface area contributed by atoms with Crippen LogP contribution in [0.4, 0.5) is 0 Å². The second-order valence-electron chi connectivity index (χ2n) is 6.18. The van der Waals surface area contributed by atoms with Gasteiger partial charge in [0.1, 0.15) is 6.61 Å². The third-order valence-electron chi connectivity index (χ3n) is 4.04. The molecule has 9 heteroatoms. The molecule has 0 radical (unpaired) electrons. The van der Waals surface area contributed by atoms with Crippen molar-refractivity contribution >= 4 is 18.0 Å². The minimum absolute atomic E-state index is 0.124. The lowest BCUT2D eigenvalue weighted by atomic mass is 10.2. The van der Waals surface area contributed by atoms with Crippen LogP contribution < -0.4 is 29.7 Å². The molecule has 168 valence electrons. The summed E-state index contributed by atoms with van der Waals surface area (Å²) in [6.45, 7) is 2.16. The second kappa shape index (κ2) is 12.5. The molecular formula is C23H25N3O6. The van der Waals surface area contributed by atoms with Gasteiger partial charge in [-0.25, -0.2) is 5.43 Å². The molecule has 0 aliphatic heterocycles. The normalized spacial score (nSPS) is 10.2. The number of amides is 2. The van der Waals surface area contributed by atoms with Crippen molar-refractivity contribution in [1.29, 1.82) is 0 Å². The SMILES string of the molecule is C#CCOc1ccc(C=NNC(=O)CNC(=O)c2ccc(OC)c(OC)c2)cc1OCC. The Bertz CT molecular complexity index is 1010. The first-order valence-electron chi connectivity index (χ1n) is 9.67. The molecule has 0 atom stereocenters. The summed E-state index contributed by atoms with van der Waals surface area (Å²) >= 11 is 0. The van der Waals surface area contributed by atoms with Gasteiger partial charge in [0.25, 0.3) is 11.8 Å². The Morgan fingerprint density at radius 2 is 1.78 bits per heavy atom. The van der Waals surface area contributed by atoms with Crippen molar-refractivity contribution in [1.82, 2.24) is 10.7 Å². The van der Waals surface area contributed by atoms with Crippen LogP contribution in [0.15, 0.2) is 41.5 Å². The van der Waals surface area contributed by atoms with Gasteiger partial charge < -0.3 is 24.3 Å². The van der Waals surface area contributed by atoms with E-state index in [9.17, 15) is 9.59 Å². The molecule has 0 aliphatic rings. The molecule has 9 nitrogen and oxygen atoms in total. The van der Waals surface area contributed by atoms with Crippen molar-refractivity contribution in [3.63, 3.8) is 0 Å². The Balaban J connectivity index is 1.90. The third-order valence-corrected chi connectivity index (χ3v) is 4.04. The van der Waals surface area contributed by atoms with Crippen molar-refractivity contribution in [2.75, 3.05) is 34.0 Å². The molecule has 0 saturated heterocycles. The molecule has 0 aliphatic carbocycles. The lowest BCUT2D eigenvalue weighted by Crippen LogP contribution is -2.34. The Kier molecular flexibility index (Phi) is 9.40. The average molecular weight is 439 g/mol. The molecule has 0 bridgehead atoms. The number of terminal acetylenes is 1. The van der Waals surface area contributed by atoms with Crippen molar-refractivity contribution in [2.24, 2.45) is 5.10 Å². The van der Waals surface area contributed by atoms with Crippen molar-refractivity contribution in [3.8, 4) is 35.3 Å². The Morgan fingerprint density at radius 1 is 1.03 bits per heavy atom. The highest BCUT2D eigenvalue weighted by molar-refractivity contribution is 5.97. The highest BCUT2D eigenvalue weighted by Gasteiger charge is 2.12. The van der Waals surface area contributed by atoms with E-state index in [0.29, 0.717) is 40.7 Å². The first-order valence-corrected chi connectivity index (χ1v) is 9.67. The van der Waals surface area contributed by atoms with E-state index in [0.717, 1.165) is 0 Å². The number of carbonyl (C=O) groups excluding carboxylic acids is 2. The first kappa shape index (κ1) is 24.1. The molecule has 2 aromatic carbocycles. The lowest BCUT2D eigenvalue weighted by molar-refractivity contribution is -0.120. The summed E-state index contributed by atoms with van der Waals surface area (Å²) < 4.78 is 21.3. The van der Waals surface area contributed by atoms with Gasteiger partial charge in [0, 0.05) is 5.56 Å². The highest BCUT2D eigenvalue weighted by atomic mass is 16.5. The van der Waals surface area contributed by atoms with Crippen LogP contribution >= 0.6 is 0 Å². The Labute approximate surface area is 186 Å². The number of rotatable bonds is 11. The summed E-state index contributed by atoms with van der Waals surface area (Å²) in [5.41, 5.74) is 3.36. The van der Waals surface area contributed by atoms with Gasteiger partial charge in [0.05, 0.1) is 33.6 Å². The van der Waals surface area contributed by atoms with E-state index in [1.807, 2.05) is 6.92 Å². The van der Waals surface area contributed by atoms with Gasteiger partial charge in [0.15, 0.2) is 23.0 Å². The van der Waals surface area contributed by atoms with E-state index in [-0.39, 0.29) is 13.2 Å². The number of benzene rings is 2. The van der Waals surface area contributed by atoms with Crippen LogP contribution in [0, 0.1) is 12.3 Å². The van der Waals surface area contributed by atoms with Crippen LogP contribution in [-0.4, -0.2) is 52.0 Å². The molecule has 0 unspecified atom stereocenters. The topological polar surface area (TPSA) is 107 Å². The monoisotopic (exact) mass is 439 g/mol. The standard InChI is InChI=1S/C23H25N3O6/c1-5-11-32-19-9-7-16(12-21(19)31-6-2)14-25-26-22(27)15-24-23(28)17-8-10-18(29-3)20(13-17)30-4/h1,7-10,12-14H,6,11,15H2,2-4H3,(H,24,28)(H,26,27). The number of nitrogens with zero attached hydrogens (tertiary/aromatic N) is 1. The van der Waals surface area contributed by atoms with Gasteiger partial charge in [-0.2, -0.15) is 5.10 Å². The van der Waals surface area contributed by atoms with Crippen LogP contribution in [0.2, 0.25) is 0 Å². The fraction of sp³-hybridized carbons (Fsp3) is 0.261. The molecule has 32 heavy (non-hydrogen) atoms. The molecule has 2 rings (SSSR count). The van der Waals surface area contributed by atoms with E-state index < -0.39 is 11.8 Å². The average Bonchev–Trinajstić information content (AvgIpc) is 2.81. The molecule has 0 spiro atoms. The van der Waals surface area contributed by atoms with Crippen molar-refractivity contribution in [3.05, 3.63) is 47.5 Å². The highest BCUT2D eigenvalue weighted by Crippen LogP contribution is 2.28. The minimum atomic E-state index is -0.492. The van der Waals surface area contributed by atoms with Gasteiger partial charge in [0.2, 0.25) is 0 Å². The number of carbonyl (C=O) groups is 2. The van der Waals surface area contributed by atoms with Crippen molar-refractivity contribution < 1.29 is 28.5 Å². The Hall–Kier alpha value is -4.19. The predicted octanol–water partition coefficient (Wildman–Crippen LogP) is 1.99. The van der Waals surface area contributed by atoms with E-state index in [4.69, 9.17) is 25.4 Å². The van der Waals surface area contributed by atoms with E-state index in [1.165, 1.54) is 26.5 Å². The summed E-state index contributed by atoms with van der Waals surface area (Å²) in [5, 5.41) is 6.41. The predicted molar refractivity (Wildman–Crippen MR) is 120 cm³/mol. The molecule has 0 saturated carbocycles. The summed E-state index contributed by atoms with van der Waals surface area (Å²) in [5.74, 6) is 3.41. The summed E-state index contributed by atoms with van der Waals surface area (Å²) in [6.07, 6.45) is 6.66. The quantitative estimate of drug-likeness (QED) is 0.315. The summed E-state index contributed by atoms with van der Waals surface area (Å²) in [4.78, 5) is 24.2. The van der Waals surface area contributed by atoms with E-state index in [1.54, 1.807) is 30.3 Å². The van der Waals surface area contributed by atoms with Crippen molar-refractivity contribution in [2.45, 2.75) is 6.92 Å². The van der Waals surface area contributed by atoms with Crippen LogP contribution in [0.1, 0.15) is 22.8 Å². The minimum Gasteiger partial charge on any atom is -0.493 e. The van der Waals surface area contributed by atoms with Crippen LogP contribution in [-0.2, 0) is 4.79 Å². The number of methoxy groups -OCH3 is 2. The number of nitrogens with one attached hydrogen (secondary N) is 2. The van der Waals surface area contributed by atoms with Gasteiger partial charge in [-0.05, 0) is 48.9 Å². The van der Waals surface area contributed by atoms with Gasteiger partial charge in [-0.3, -0.25) is 9.59 Å². The van der Waals surface area contributed by atoms with Crippen LogP contribution in [0.25, 0.3) is 0 Å². The summed E-state index contributed by atoms with van der Waals surface area (Å²) in [7, 11) is 2.97. The fourth-order valence-electron chi connectivity index (χ4n) is 2.57. The lowest BCUT2D eigenvalue weighted by Gasteiger charge is -2.10. The van der Waals surface area contributed by atoms with Gasteiger partial charge in [-0.1, -0.05) is 5.92 Å². The smallest absolute Gasteiger partial charge is 0.259 e. The fourth-order valence-corrected chi connectivity index (χ4v) is 2.57. The summed E-state index contributed by atoms with van der Waals surface area (Å²) in [6, 6.07) is 9.86. The zero-order valence-electron chi connectivity index (χ0n) is 18.1. The van der Waals surface area contributed by atoms with Crippen LogP contribution in [0.3, 0.4) is 0 Å². The maximum atomic E-state index is 12.3. The number of hydrazone groups is 1. The maximum absolute atomic E-state index is 12.3. The maximum Gasteiger partial charge on any atom is 0.259 e. The molecule has 0 heterocycles. The second-order valence-corrected chi connectivity index (χ2v) is 6.18. The largest absolute Gasteiger partial charge is 0.493 e. The zero-order valence-corrected chi connectivity index (χ0v) is 18.1. The number of ether oxygens (including phenoxy) is 4. The Morgan fingerprint density at radius 3 is 2.47 bits per heavy atom. The zero-order chi connectivity index (χ0) is 23.3. The molecular weight excluding hydrogens is 414 g/mol. The van der Waals surface area contributed by atoms with E-state index >= 15 is 0 Å². The molecule has 2 N–H and O–H groups in total. The van der Waals surface area contributed by atoms with Gasteiger partial charge >= 0.3 is 0 Å².